The molecule has 2 rings (SSSR count). The van der Waals surface area contributed by atoms with Gasteiger partial charge in [0.15, 0.2) is 0 Å². The summed E-state index contributed by atoms with van der Waals surface area (Å²) in [5.74, 6) is -0.293. The lowest BCUT2D eigenvalue weighted by Gasteiger charge is -2.29. The maximum absolute atomic E-state index is 12.4. The average molecular weight is 378 g/mol. The standard InChI is InChI=1S/C20H27NO4S/c1-3-24-19(22)15-26-18-11-13-21(14-17(18)20(23)25-4-2)12-10-16-8-6-5-7-9-16/h5-9H,3-4,10-15H2,1-2H3. The minimum atomic E-state index is -0.275. The first-order chi connectivity index (χ1) is 12.6. The summed E-state index contributed by atoms with van der Waals surface area (Å²) in [5, 5.41) is 0. The van der Waals surface area contributed by atoms with Gasteiger partial charge in [-0.1, -0.05) is 30.3 Å². The molecule has 1 aromatic carbocycles. The number of ether oxygens (including phenoxy) is 2. The molecule has 26 heavy (non-hydrogen) atoms. The number of benzene rings is 1. The van der Waals surface area contributed by atoms with E-state index in [2.05, 4.69) is 17.0 Å². The number of carbonyl (C=O) groups is 2. The number of carbonyl (C=O) groups excluding carboxylic acids is 2. The quantitative estimate of drug-likeness (QED) is 0.617. The Labute approximate surface area is 159 Å². The Morgan fingerprint density at radius 3 is 2.54 bits per heavy atom. The zero-order valence-electron chi connectivity index (χ0n) is 15.5. The normalized spacial score (nSPS) is 15.0. The van der Waals surface area contributed by atoms with Gasteiger partial charge in [0.2, 0.25) is 0 Å². The second-order valence-electron chi connectivity index (χ2n) is 5.98. The molecule has 6 heteroatoms. The fourth-order valence-corrected chi connectivity index (χ4v) is 3.76. The van der Waals surface area contributed by atoms with Crippen molar-refractivity contribution in [2.75, 3.05) is 38.6 Å². The zero-order chi connectivity index (χ0) is 18.8. The van der Waals surface area contributed by atoms with Crippen LogP contribution in [0.1, 0.15) is 25.8 Å². The van der Waals surface area contributed by atoms with Gasteiger partial charge < -0.3 is 9.47 Å². The summed E-state index contributed by atoms with van der Waals surface area (Å²) in [6, 6.07) is 10.3. The van der Waals surface area contributed by atoms with E-state index < -0.39 is 0 Å². The van der Waals surface area contributed by atoms with E-state index in [1.165, 1.54) is 17.3 Å². The van der Waals surface area contributed by atoms with Crippen molar-refractivity contribution >= 4 is 23.7 Å². The molecule has 0 bridgehead atoms. The van der Waals surface area contributed by atoms with Gasteiger partial charge >= 0.3 is 11.9 Å². The van der Waals surface area contributed by atoms with Crippen molar-refractivity contribution in [2.45, 2.75) is 26.7 Å². The van der Waals surface area contributed by atoms with Gasteiger partial charge in [-0.15, -0.1) is 11.8 Å². The summed E-state index contributed by atoms with van der Waals surface area (Å²) in [4.78, 5) is 27.2. The third kappa shape index (κ3) is 6.50. The Balaban J connectivity index is 1.99. The molecule has 0 amide bonds. The van der Waals surface area contributed by atoms with Gasteiger partial charge in [0.25, 0.3) is 0 Å². The van der Waals surface area contributed by atoms with Crippen LogP contribution in [0.4, 0.5) is 0 Å². The average Bonchev–Trinajstić information content (AvgIpc) is 2.66. The summed E-state index contributed by atoms with van der Waals surface area (Å²) >= 11 is 1.40. The summed E-state index contributed by atoms with van der Waals surface area (Å²) in [5.41, 5.74) is 1.97. The van der Waals surface area contributed by atoms with E-state index in [-0.39, 0.29) is 17.7 Å². The molecular formula is C20H27NO4S. The molecule has 1 aliphatic heterocycles. The predicted molar refractivity (Wildman–Crippen MR) is 104 cm³/mol. The molecule has 1 aliphatic rings. The Morgan fingerprint density at radius 1 is 1.12 bits per heavy atom. The molecule has 1 heterocycles. The van der Waals surface area contributed by atoms with Crippen molar-refractivity contribution in [1.82, 2.24) is 4.90 Å². The lowest BCUT2D eigenvalue weighted by molar-refractivity contribution is -0.140. The summed E-state index contributed by atoms with van der Waals surface area (Å²) in [6.45, 7) is 6.65. The predicted octanol–water partition coefficient (Wildman–Crippen LogP) is 3.05. The van der Waals surface area contributed by atoms with Gasteiger partial charge in [0, 0.05) is 19.6 Å². The fourth-order valence-electron chi connectivity index (χ4n) is 2.83. The van der Waals surface area contributed by atoms with Crippen LogP contribution in [0, 0.1) is 0 Å². The first-order valence-corrected chi connectivity index (χ1v) is 10.1. The summed E-state index contributed by atoms with van der Waals surface area (Å²) in [7, 11) is 0. The van der Waals surface area contributed by atoms with E-state index in [1.807, 2.05) is 18.2 Å². The molecule has 0 atom stereocenters. The highest BCUT2D eigenvalue weighted by Gasteiger charge is 2.25. The molecular weight excluding hydrogens is 350 g/mol. The lowest BCUT2D eigenvalue weighted by Crippen LogP contribution is -2.36. The highest BCUT2D eigenvalue weighted by Crippen LogP contribution is 2.29. The van der Waals surface area contributed by atoms with Crippen molar-refractivity contribution < 1.29 is 19.1 Å². The number of rotatable bonds is 9. The lowest BCUT2D eigenvalue weighted by atomic mass is 10.1. The maximum Gasteiger partial charge on any atom is 0.336 e. The van der Waals surface area contributed by atoms with Crippen molar-refractivity contribution in [3.63, 3.8) is 0 Å². The van der Waals surface area contributed by atoms with Gasteiger partial charge in [-0.25, -0.2) is 4.79 Å². The van der Waals surface area contributed by atoms with Gasteiger partial charge in [-0.3, -0.25) is 9.69 Å². The summed E-state index contributed by atoms with van der Waals surface area (Å²) < 4.78 is 10.2. The Bertz CT molecular complexity index is 630. The Kier molecular flexibility index (Phi) is 8.71. The molecule has 0 radical (unpaired) electrons. The molecule has 0 unspecified atom stereocenters. The molecule has 5 nitrogen and oxygen atoms in total. The van der Waals surface area contributed by atoms with Gasteiger partial charge in [0.1, 0.15) is 0 Å². The second kappa shape index (κ2) is 11.0. The van der Waals surface area contributed by atoms with Gasteiger partial charge in [-0.2, -0.15) is 0 Å². The Hall–Kier alpha value is -1.79. The van der Waals surface area contributed by atoms with Crippen molar-refractivity contribution in [3.05, 3.63) is 46.4 Å². The van der Waals surface area contributed by atoms with Gasteiger partial charge in [0.05, 0.1) is 24.5 Å². The molecule has 1 aromatic rings. The van der Waals surface area contributed by atoms with Crippen LogP contribution >= 0.6 is 11.8 Å². The number of nitrogens with zero attached hydrogens (tertiary/aromatic N) is 1. The van der Waals surface area contributed by atoms with E-state index in [1.54, 1.807) is 13.8 Å². The maximum atomic E-state index is 12.4. The molecule has 0 spiro atoms. The van der Waals surface area contributed by atoms with Crippen LogP contribution in [-0.4, -0.2) is 55.4 Å². The molecule has 142 valence electrons. The van der Waals surface area contributed by atoms with E-state index in [0.717, 1.165) is 30.8 Å². The van der Waals surface area contributed by atoms with Gasteiger partial charge in [-0.05, 0) is 37.2 Å². The van der Waals surface area contributed by atoms with Crippen LogP contribution in [0.2, 0.25) is 0 Å². The second-order valence-corrected chi connectivity index (χ2v) is 7.05. The largest absolute Gasteiger partial charge is 0.465 e. The van der Waals surface area contributed by atoms with E-state index >= 15 is 0 Å². The smallest absolute Gasteiger partial charge is 0.336 e. The van der Waals surface area contributed by atoms with Crippen LogP contribution in [-0.2, 0) is 25.5 Å². The number of hydrogen-bond donors (Lipinski definition) is 0. The van der Waals surface area contributed by atoms with Crippen LogP contribution in [0.15, 0.2) is 40.8 Å². The first-order valence-electron chi connectivity index (χ1n) is 9.07. The Morgan fingerprint density at radius 2 is 1.85 bits per heavy atom. The topological polar surface area (TPSA) is 55.8 Å². The van der Waals surface area contributed by atoms with Crippen molar-refractivity contribution in [2.24, 2.45) is 0 Å². The molecule has 0 fully saturated rings. The highest BCUT2D eigenvalue weighted by molar-refractivity contribution is 8.03. The van der Waals surface area contributed by atoms with Crippen LogP contribution in [0.25, 0.3) is 0 Å². The van der Waals surface area contributed by atoms with Crippen LogP contribution in [0.5, 0.6) is 0 Å². The molecule has 0 saturated carbocycles. The van der Waals surface area contributed by atoms with E-state index in [9.17, 15) is 9.59 Å². The fraction of sp³-hybridized carbons (Fsp3) is 0.500. The zero-order valence-corrected chi connectivity index (χ0v) is 16.3. The number of esters is 2. The van der Waals surface area contributed by atoms with E-state index in [0.29, 0.717) is 25.3 Å². The van der Waals surface area contributed by atoms with Crippen molar-refractivity contribution in [3.8, 4) is 0 Å². The highest BCUT2D eigenvalue weighted by atomic mass is 32.2. The third-order valence-corrected chi connectivity index (χ3v) is 5.30. The first kappa shape index (κ1) is 20.5. The summed E-state index contributed by atoms with van der Waals surface area (Å²) in [6.07, 6.45) is 1.70. The van der Waals surface area contributed by atoms with Crippen molar-refractivity contribution in [1.29, 1.82) is 0 Å². The minimum absolute atomic E-state index is 0.232. The van der Waals surface area contributed by atoms with Crippen LogP contribution in [0.3, 0.4) is 0 Å². The van der Waals surface area contributed by atoms with E-state index in [4.69, 9.17) is 9.47 Å². The third-order valence-electron chi connectivity index (χ3n) is 4.12. The molecule has 0 saturated heterocycles. The minimum Gasteiger partial charge on any atom is -0.465 e. The van der Waals surface area contributed by atoms with Crippen LogP contribution < -0.4 is 0 Å². The molecule has 0 aromatic heterocycles. The number of thioether (sulfide) groups is 1. The monoisotopic (exact) mass is 377 g/mol. The molecule has 0 N–H and O–H groups in total. The number of hydrogen-bond acceptors (Lipinski definition) is 6. The molecule has 0 aliphatic carbocycles. The SMILES string of the molecule is CCOC(=O)CSC1=C(C(=O)OCC)CN(CCc2ccccc2)CC1.